The Hall–Kier alpha value is -1.16. The largest absolute Gasteiger partial charge is 0.303 e. The lowest BCUT2D eigenvalue weighted by Gasteiger charge is -2.32. The summed E-state index contributed by atoms with van der Waals surface area (Å²) in [5.74, 6) is 1.96. The lowest BCUT2D eigenvalue weighted by atomic mass is 9.96. The summed E-state index contributed by atoms with van der Waals surface area (Å²) >= 11 is 0. The molecule has 2 aliphatic rings. The molecule has 0 unspecified atom stereocenters. The molecule has 1 saturated carbocycles. The third-order valence-corrected chi connectivity index (χ3v) is 4.64. The van der Waals surface area contributed by atoms with Gasteiger partial charge in [0, 0.05) is 25.1 Å². The topological polar surface area (TPSA) is 38.1 Å². The fourth-order valence-corrected chi connectivity index (χ4v) is 3.30. The molecule has 4 heteroatoms. The number of rotatable bonds is 5. The van der Waals surface area contributed by atoms with Gasteiger partial charge in [-0.2, -0.15) is 5.10 Å². The molecule has 1 aliphatic carbocycles. The Morgan fingerprint density at radius 1 is 1.19 bits per heavy atom. The molecular formula is C17H27N3O. The molecule has 2 fully saturated rings. The van der Waals surface area contributed by atoms with Crippen molar-refractivity contribution in [2.45, 2.75) is 52.0 Å². The van der Waals surface area contributed by atoms with Crippen molar-refractivity contribution >= 4 is 0 Å². The second-order valence-electron chi connectivity index (χ2n) is 7.19. The van der Waals surface area contributed by atoms with Crippen LogP contribution < -0.4 is 5.56 Å². The summed E-state index contributed by atoms with van der Waals surface area (Å²) in [7, 11) is 0. The highest BCUT2D eigenvalue weighted by molar-refractivity contribution is 5.12. The number of hydrogen-bond acceptors (Lipinski definition) is 3. The first-order chi connectivity index (χ1) is 10.1. The summed E-state index contributed by atoms with van der Waals surface area (Å²) in [5.41, 5.74) is 1.18. The molecule has 4 nitrogen and oxygen atoms in total. The molecule has 21 heavy (non-hydrogen) atoms. The number of nitrogens with zero attached hydrogens (tertiary/aromatic N) is 3. The number of hydrogen-bond donors (Lipinski definition) is 0. The van der Waals surface area contributed by atoms with E-state index in [0.29, 0.717) is 11.8 Å². The van der Waals surface area contributed by atoms with E-state index >= 15 is 0 Å². The highest BCUT2D eigenvalue weighted by atomic mass is 16.1. The molecule has 1 aromatic heterocycles. The Balaban J connectivity index is 1.57. The summed E-state index contributed by atoms with van der Waals surface area (Å²) in [6.45, 7) is 8.88. The monoisotopic (exact) mass is 289 g/mol. The van der Waals surface area contributed by atoms with Crippen molar-refractivity contribution in [1.82, 2.24) is 14.7 Å². The summed E-state index contributed by atoms with van der Waals surface area (Å²) in [6.07, 6.45) is 4.85. The SMILES string of the molecule is CC(C)CN1CCC(Cn2nc(C3CC3)ccc2=O)CC1. The second-order valence-corrected chi connectivity index (χ2v) is 7.19. The van der Waals surface area contributed by atoms with Gasteiger partial charge in [0.1, 0.15) is 0 Å². The fraction of sp³-hybridized carbons (Fsp3) is 0.765. The van der Waals surface area contributed by atoms with E-state index in [9.17, 15) is 4.79 Å². The lowest BCUT2D eigenvalue weighted by molar-refractivity contribution is 0.155. The van der Waals surface area contributed by atoms with Crippen LogP contribution in [0, 0.1) is 11.8 Å². The minimum absolute atomic E-state index is 0.0593. The highest BCUT2D eigenvalue weighted by Gasteiger charge is 2.26. The molecule has 1 saturated heterocycles. The Morgan fingerprint density at radius 3 is 2.52 bits per heavy atom. The lowest BCUT2D eigenvalue weighted by Crippen LogP contribution is -2.38. The van der Waals surface area contributed by atoms with Crippen LogP contribution in [-0.4, -0.2) is 34.3 Å². The van der Waals surface area contributed by atoms with Crippen molar-refractivity contribution in [3.05, 3.63) is 28.2 Å². The average molecular weight is 289 g/mol. The smallest absolute Gasteiger partial charge is 0.266 e. The zero-order valence-corrected chi connectivity index (χ0v) is 13.3. The Bertz CT molecular complexity index is 525. The van der Waals surface area contributed by atoms with Gasteiger partial charge >= 0.3 is 0 Å². The Morgan fingerprint density at radius 2 is 1.90 bits per heavy atom. The molecular weight excluding hydrogens is 262 g/mol. The maximum atomic E-state index is 12.0. The standard InChI is InChI=1S/C17H27N3O/c1-13(2)11-19-9-7-14(8-10-19)12-20-17(21)6-5-16(18-20)15-3-4-15/h5-6,13-15H,3-4,7-12H2,1-2H3. The maximum absolute atomic E-state index is 12.0. The summed E-state index contributed by atoms with van der Waals surface area (Å²) < 4.78 is 1.72. The van der Waals surface area contributed by atoms with Crippen LogP contribution in [0.3, 0.4) is 0 Å². The molecule has 1 aliphatic heterocycles. The number of likely N-dealkylation sites (tertiary alicyclic amines) is 1. The van der Waals surface area contributed by atoms with Crippen LogP contribution >= 0.6 is 0 Å². The molecule has 0 atom stereocenters. The third-order valence-electron chi connectivity index (χ3n) is 4.64. The normalized spacial score (nSPS) is 21.1. The average Bonchev–Trinajstić information content (AvgIpc) is 3.27. The van der Waals surface area contributed by atoms with Crippen molar-refractivity contribution in [2.75, 3.05) is 19.6 Å². The molecule has 0 aromatic carbocycles. The van der Waals surface area contributed by atoms with Crippen molar-refractivity contribution in [3.8, 4) is 0 Å². The van der Waals surface area contributed by atoms with E-state index < -0.39 is 0 Å². The zero-order valence-electron chi connectivity index (χ0n) is 13.3. The van der Waals surface area contributed by atoms with E-state index in [0.717, 1.165) is 18.2 Å². The van der Waals surface area contributed by atoms with E-state index in [1.807, 2.05) is 6.07 Å². The van der Waals surface area contributed by atoms with Gasteiger partial charge in [-0.1, -0.05) is 13.8 Å². The predicted octanol–water partition coefficient (Wildman–Crippen LogP) is 2.49. The first-order valence-corrected chi connectivity index (χ1v) is 8.42. The van der Waals surface area contributed by atoms with Crippen LogP contribution in [0.1, 0.15) is 51.1 Å². The second kappa shape index (κ2) is 6.30. The molecule has 0 amide bonds. The number of piperidine rings is 1. The maximum Gasteiger partial charge on any atom is 0.266 e. The Kier molecular flexibility index (Phi) is 4.43. The quantitative estimate of drug-likeness (QED) is 0.836. The van der Waals surface area contributed by atoms with Crippen LogP contribution in [0.15, 0.2) is 16.9 Å². The highest BCUT2D eigenvalue weighted by Crippen LogP contribution is 2.38. The van der Waals surface area contributed by atoms with Crippen LogP contribution in [0.5, 0.6) is 0 Å². The van der Waals surface area contributed by atoms with Crippen LogP contribution in [-0.2, 0) is 6.54 Å². The van der Waals surface area contributed by atoms with Gasteiger partial charge in [0.25, 0.3) is 5.56 Å². The first-order valence-electron chi connectivity index (χ1n) is 8.42. The third kappa shape index (κ3) is 3.94. The van der Waals surface area contributed by atoms with Gasteiger partial charge < -0.3 is 4.90 Å². The van der Waals surface area contributed by atoms with Gasteiger partial charge in [-0.15, -0.1) is 0 Å². The van der Waals surface area contributed by atoms with Crippen LogP contribution in [0.25, 0.3) is 0 Å². The summed E-state index contributed by atoms with van der Waals surface area (Å²) in [5, 5.41) is 4.59. The van der Waals surface area contributed by atoms with E-state index in [4.69, 9.17) is 0 Å². The Labute approximate surface area is 127 Å². The van der Waals surface area contributed by atoms with Gasteiger partial charge in [0.15, 0.2) is 0 Å². The van der Waals surface area contributed by atoms with Gasteiger partial charge in [-0.05, 0) is 56.7 Å². The van der Waals surface area contributed by atoms with Crippen molar-refractivity contribution in [1.29, 1.82) is 0 Å². The molecule has 0 radical (unpaired) electrons. The molecule has 0 bridgehead atoms. The number of aromatic nitrogens is 2. The summed E-state index contributed by atoms with van der Waals surface area (Å²) in [6, 6.07) is 3.62. The van der Waals surface area contributed by atoms with E-state index in [2.05, 4.69) is 23.8 Å². The van der Waals surface area contributed by atoms with Gasteiger partial charge in [0.05, 0.1) is 5.69 Å². The molecule has 0 N–H and O–H groups in total. The predicted molar refractivity (Wildman–Crippen MR) is 84.5 cm³/mol. The van der Waals surface area contributed by atoms with Crippen molar-refractivity contribution in [2.24, 2.45) is 11.8 Å². The fourth-order valence-electron chi connectivity index (χ4n) is 3.30. The molecule has 2 heterocycles. The van der Waals surface area contributed by atoms with E-state index in [1.165, 1.54) is 45.3 Å². The van der Waals surface area contributed by atoms with Gasteiger partial charge in [-0.3, -0.25) is 4.79 Å². The molecule has 1 aromatic rings. The van der Waals surface area contributed by atoms with E-state index in [1.54, 1.807) is 10.7 Å². The van der Waals surface area contributed by atoms with Crippen LogP contribution in [0.2, 0.25) is 0 Å². The van der Waals surface area contributed by atoms with E-state index in [-0.39, 0.29) is 5.56 Å². The molecule has 0 spiro atoms. The van der Waals surface area contributed by atoms with Gasteiger partial charge in [0.2, 0.25) is 0 Å². The zero-order chi connectivity index (χ0) is 14.8. The minimum atomic E-state index is 0.0593. The minimum Gasteiger partial charge on any atom is -0.303 e. The van der Waals surface area contributed by atoms with Crippen molar-refractivity contribution in [3.63, 3.8) is 0 Å². The molecule has 116 valence electrons. The van der Waals surface area contributed by atoms with Gasteiger partial charge in [-0.25, -0.2) is 4.68 Å². The van der Waals surface area contributed by atoms with Crippen LogP contribution in [0.4, 0.5) is 0 Å². The summed E-state index contributed by atoms with van der Waals surface area (Å²) in [4.78, 5) is 14.5. The van der Waals surface area contributed by atoms with Crippen molar-refractivity contribution < 1.29 is 0 Å². The first kappa shape index (κ1) is 14.8. The molecule has 3 rings (SSSR count).